The summed E-state index contributed by atoms with van der Waals surface area (Å²) in [6, 6.07) is 0. The molecule has 1 heterocycles. The van der Waals surface area contributed by atoms with Crippen LogP contribution in [0.2, 0.25) is 0 Å². The molecule has 54 valence electrons. The minimum Gasteiger partial charge on any atom is -0.397 e. The molecular weight excluding hydrogens is 239 g/mol. The molecule has 0 fully saturated rings. The van der Waals surface area contributed by atoms with Gasteiger partial charge in [0.1, 0.15) is 0 Å². The Kier molecular flexibility index (Phi) is 2.13. The molecule has 2 nitrogen and oxygen atoms in total. The zero-order valence-electron chi connectivity index (χ0n) is 5.98. The van der Waals surface area contributed by atoms with Crippen LogP contribution in [-0.4, -0.2) is 4.98 Å². The van der Waals surface area contributed by atoms with Crippen molar-refractivity contribution in [3.8, 4) is 0 Å². The second kappa shape index (κ2) is 2.74. The van der Waals surface area contributed by atoms with Crippen molar-refractivity contribution in [1.29, 1.82) is 0 Å². The maximum absolute atomic E-state index is 5.62. The first kappa shape index (κ1) is 7.78. The summed E-state index contributed by atoms with van der Waals surface area (Å²) in [7, 11) is 0. The third-order valence-electron chi connectivity index (χ3n) is 1.48. The molecule has 0 saturated heterocycles. The molecule has 1 aromatic heterocycles. The number of nitrogen functional groups attached to an aromatic ring is 1. The van der Waals surface area contributed by atoms with Crippen molar-refractivity contribution >= 4 is 28.3 Å². The van der Waals surface area contributed by atoms with E-state index in [4.69, 9.17) is 5.73 Å². The van der Waals surface area contributed by atoms with E-state index < -0.39 is 0 Å². The van der Waals surface area contributed by atoms with Crippen LogP contribution in [-0.2, 0) is 0 Å². The number of nitrogens with zero attached hydrogens (tertiary/aromatic N) is 1. The number of hydrogen-bond acceptors (Lipinski definition) is 2. The number of aromatic nitrogens is 1. The van der Waals surface area contributed by atoms with E-state index >= 15 is 0 Å². The minimum atomic E-state index is 0.773. The molecule has 0 aliphatic rings. The smallest absolute Gasteiger partial charge is 0.0541 e. The maximum atomic E-state index is 5.62. The van der Waals surface area contributed by atoms with Crippen LogP contribution in [0.3, 0.4) is 0 Å². The lowest BCUT2D eigenvalue weighted by Gasteiger charge is -2.03. The number of nitrogens with two attached hydrogens (primary N) is 1. The number of pyridine rings is 1. The molecule has 0 unspecified atom stereocenters. The van der Waals surface area contributed by atoms with Crippen molar-refractivity contribution in [1.82, 2.24) is 4.98 Å². The first-order valence-corrected chi connectivity index (χ1v) is 4.08. The Morgan fingerprint density at radius 3 is 2.60 bits per heavy atom. The summed E-state index contributed by atoms with van der Waals surface area (Å²) < 4.78 is 1.16. The van der Waals surface area contributed by atoms with E-state index in [1.807, 2.05) is 13.8 Å². The standard InChI is InChI=1S/C7H9IN2/c1-4-6(9)3-10-5(2)7(4)8/h3H,9H2,1-2H3. The second-order valence-electron chi connectivity index (χ2n) is 2.24. The summed E-state index contributed by atoms with van der Waals surface area (Å²) in [6.45, 7) is 3.99. The van der Waals surface area contributed by atoms with Gasteiger partial charge in [-0.3, -0.25) is 4.98 Å². The van der Waals surface area contributed by atoms with Gasteiger partial charge in [0, 0.05) is 3.57 Å². The Balaban J connectivity index is 3.34. The summed E-state index contributed by atoms with van der Waals surface area (Å²) >= 11 is 2.25. The van der Waals surface area contributed by atoms with Crippen LogP contribution in [0.4, 0.5) is 5.69 Å². The van der Waals surface area contributed by atoms with E-state index in [0.717, 1.165) is 20.5 Å². The molecule has 0 atom stereocenters. The molecule has 0 radical (unpaired) electrons. The van der Waals surface area contributed by atoms with E-state index in [-0.39, 0.29) is 0 Å². The number of anilines is 1. The van der Waals surface area contributed by atoms with Crippen LogP contribution in [0.25, 0.3) is 0 Å². The largest absolute Gasteiger partial charge is 0.397 e. The third-order valence-corrected chi connectivity index (χ3v) is 3.07. The van der Waals surface area contributed by atoms with E-state index in [9.17, 15) is 0 Å². The topological polar surface area (TPSA) is 38.9 Å². The fraction of sp³-hybridized carbons (Fsp3) is 0.286. The van der Waals surface area contributed by atoms with Crippen LogP contribution in [0.5, 0.6) is 0 Å². The van der Waals surface area contributed by atoms with Crippen LogP contribution in [0.15, 0.2) is 6.20 Å². The molecule has 3 heteroatoms. The highest BCUT2D eigenvalue weighted by Gasteiger charge is 2.01. The highest BCUT2D eigenvalue weighted by Crippen LogP contribution is 2.18. The molecule has 0 amide bonds. The molecule has 10 heavy (non-hydrogen) atoms. The van der Waals surface area contributed by atoms with Crippen LogP contribution in [0, 0.1) is 17.4 Å². The molecule has 0 saturated carbocycles. The number of rotatable bonds is 0. The predicted molar refractivity (Wildman–Crippen MR) is 50.8 cm³/mol. The molecule has 1 aromatic rings. The summed E-state index contributed by atoms with van der Waals surface area (Å²) in [5.74, 6) is 0. The molecule has 2 N–H and O–H groups in total. The fourth-order valence-electron chi connectivity index (χ4n) is 0.718. The van der Waals surface area contributed by atoms with Crippen LogP contribution in [0.1, 0.15) is 11.3 Å². The zero-order chi connectivity index (χ0) is 7.72. The van der Waals surface area contributed by atoms with E-state index in [1.54, 1.807) is 6.20 Å². The van der Waals surface area contributed by atoms with Crippen molar-refractivity contribution in [2.24, 2.45) is 0 Å². The van der Waals surface area contributed by atoms with Crippen molar-refractivity contribution in [2.75, 3.05) is 5.73 Å². The quantitative estimate of drug-likeness (QED) is 0.712. The summed E-state index contributed by atoms with van der Waals surface area (Å²) in [5, 5.41) is 0. The van der Waals surface area contributed by atoms with Gasteiger partial charge in [-0.2, -0.15) is 0 Å². The normalized spacial score (nSPS) is 9.90. The SMILES string of the molecule is Cc1ncc(N)c(C)c1I. The van der Waals surface area contributed by atoms with Crippen molar-refractivity contribution in [3.05, 3.63) is 21.0 Å². The molecule has 0 aromatic carbocycles. The van der Waals surface area contributed by atoms with E-state index in [1.165, 1.54) is 0 Å². The Hall–Kier alpha value is -0.320. The molecule has 0 bridgehead atoms. The molecule has 0 spiro atoms. The zero-order valence-corrected chi connectivity index (χ0v) is 8.14. The highest BCUT2D eigenvalue weighted by molar-refractivity contribution is 14.1. The van der Waals surface area contributed by atoms with Gasteiger partial charge in [0.15, 0.2) is 0 Å². The summed E-state index contributed by atoms with van der Waals surface area (Å²) in [4.78, 5) is 4.11. The van der Waals surface area contributed by atoms with Gasteiger partial charge in [0.25, 0.3) is 0 Å². The van der Waals surface area contributed by atoms with Crippen LogP contribution >= 0.6 is 22.6 Å². The van der Waals surface area contributed by atoms with Crippen molar-refractivity contribution in [3.63, 3.8) is 0 Å². The molecule has 0 aliphatic carbocycles. The Bertz CT molecular complexity index is 231. The Morgan fingerprint density at radius 2 is 2.10 bits per heavy atom. The van der Waals surface area contributed by atoms with Crippen molar-refractivity contribution in [2.45, 2.75) is 13.8 Å². The van der Waals surface area contributed by atoms with Gasteiger partial charge in [0.2, 0.25) is 0 Å². The first-order valence-electron chi connectivity index (χ1n) is 3.00. The average Bonchev–Trinajstić information content (AvgIpc) is 1.93. The van der Waals surface area contributed by atoms with Gasteiger partial charge < -0.3 is 5.73 Å². The molecule has 1 rings (SSSR count). The van der Waals surface area contributed by atoms with E-state index in [2.05, 4.69) is 27.6 Å². The average molecular weight is 248 g/mol. The Labute approximate surface area is 74.0 Å². The third kappa shape index (κ3) is 1.23. The monoisotopic (exact) mass is 248 g/mol. The van der Waals surface area contributed by atoms with E-state index in [0.29, 0.717) is 0 Å². The van der Waals surface area contributed by atoms with Gasteiger partial charge in [0.05, 0.1) is 17.6 Å². The summed E-state index contributed by atoms with van der Waals surface area (Å²) in [5.41, 5.74) is 8.58. The molecule has 0 aliphatic heterocycles. The number of aryl methyl sites for hydroxylation is 1. The van der Waals surface area contributed by atoms with Gasteiger partial charge in [-0.15, -0.1) is 0 Å². The fourth-order valence-corrected chi connectivity index (χ4v) is 1.17. The van der Waals surface area contributed by atoms with Crippen LogP contribution < -0.4 is 5.73 Å². The minimum absolute atomic E-state index is 0.773. The first-order chi connectivity index (χ1) is 4.63. The number of hydrogen-bond donors (Lipinski definition) is 1. The second-order valence-corrected chi connectivity index (χ2v) is 3.32. The molecular formula is C7H9IN2. The summed E-state index contributed by atoms with van der Waals surface area (Å²) in [6.07, 6.45) is 1.70. The van der Waals surface area contributed by atoms with Gasteiger partial charge >= 0.3 is 0 Å². The lowest BCUT2D eigenvalue weighted by Crippen LogP contribution is -1.96. The van der Waals surface area contributed by atoms with Crippen molar-refractivity contribution < 1.29 is 0 Å². The Morgan fingerprint density at radius 1 is 1.50 bits per heavy atom. The van der Waals surface area contributed by atoms with Gasteiger partial charge in [-0.25, -0.2) is 0 Å². The predicted octanol–water partition coefficient (Wildman–Crippen LogP) is 1.89. The van der Waals surface area contributed by atoms with Gasteiger partial charge in [-0.1, -0.05) is 0 Å². The maximum Gasteiger partial charge on any atom is 0.0541 e. The lowest BCUT2D eigenvalue weighted by molar-refractivity contribution is 1.15. The lowest BCUT2D eigenvalue weighted by atomic mass is 10.2. The highest BCUT2D eigenvalue weighted by atomic mass is 127. The number of halogens is 1. The van der Waals surface area contributed by atoms with Gasteiger partial charge in [-0.05, 0) is 42.0 Å².